The van der Waals surface area contributed by atoms with Gasteiger partial charge < -0.3 is 0 Å². The molecule has 2 aromatic rings. The second-order valence-electron chi connectivity index (χ2n) is 3.88. The maximum atomic E-state index is 12.7. The second-order valence-corrected chi connectivity index (χ2v) is 5.79. The standard InChI is InChI=1S/C13H10N2O2S/c16-13-11-8-4-5-9-12(11)14-18(17,15-13)10-6-2-1-3-7-10/h1-9H,(H,14,15,16,17). The van der Waals surface area contributed by atoms with Crippen molar-refractivity contribution in [2.24, 2.45) is 4.36 Å². The summed E-state index contributed by atoms with van der Waals surface area (Å²) in [4.78, 5) is 12.4. The van der Waals surface area contributed by atoms with Crippen LogP contribution >= 0.6 is 0 Å². The fraction of sp³-hybridized carbons (Fsp3) is 0. The number of hydrogen-bond acceptors (Lipinski definition) is 3. The third-order valence-corrected chi connectivity index (χ3v) is 4.50. The summed E-state index contributed by atoms with van der Waals surface area (Å²) in [5.74, 6) is -0.352. The molecule has 2 aromatic carbocycles. The van der Waals surface area contributed by atoms with Gasteiger partial charge in [0.05, 0.1) is 16.1 Å². The number of nitrogens with zero attached hydrogens (tertiary/aromatic N) is 1. The molecule has 1 N–H and O–H groups in total. The molecule has 1 heterocycles. The zero-order valence-electron chi connectivity index (χ0n) is 9.37. The summed E-state index contributed by atoms with van der Waals surface area (Å²) in [5, 5.41) is 0. The van der Waals surface area contributed by atoms with Crippen LogP contribution in [0.4, 0.5) is 5.69 Å². The molecule has 1 aliphatic rings. The van der Waals surface area contributed by atoms with E-state index in [1.807, 2.05) is 6.07 Å². The number of rotatable bonds is 1. The van der Waals surface area contributed by atoms with Gasteiger partial charge in [-0.2, -0.15) is 4.36 Å². The van der Waals surface area contributed by atoms with Crippen LogP contribution in [0.25, 0.3) is 0 Å². The van der Waals surface area contributed by atoms with Crippen LogP contribution in [-0.2, 0) is 9.92 Å². The van der Waals surface area contributed by atoms with Gasteiger partial charge in [-0.1, -0.05) is 30.3 Å². The van der Waals surface area contributed by atoms with Gasteiger partial charge in [-0.15, -0.1) is 0 Å². The number of carbonyl (C=O) groups is 1. The molecule has 0 fully saturated rings. The van der Waals surface area contributed by atoms with E-state index in [2.05, 4.69) is 9.08 Å². The lowest BCUT2D eigenvalue weighted by atomic mass is 10.2. The summed E-state index contributed by atoms with van der Waals surface area (Å²) in [5.41, 5.74) is 0.919. The van der Waals surface area contributed by atoms with Gasteiger partial charge in [0.1, 0.15) is 0 Å². The van der Waals surface area contributed by atoms with Crippen LogP contribution in [0.1, 0.15) is 10.4 Å². The number of amides is 1. The molecule has 0 aromatic heterocycles. The van der Waals surface area contributed by atoms with E-state index in [4.69, 9.17) is 0 Å². The fourth-order valence-corrected chi connectivity index (χ4v) is 3.40. The molecule has 3 rings (SSSR count). The first kappa shape index (κ1) is 11.0. The molecule has 5 heteroatoms. The van der Waals surface area contributed by atoms with E-state index < -0.39 is 9.92 Å². The van der Waals surface area contributed by atoms with Crippen molar-refractivity contribution in [3.05, 3.63) is 60.2 Å². The number of fused-ring (bicyclic) bond motifs is 1. The van der Waals surface area contributed by atoms with Crippen molar-refractivity contribution in [2.75, 3.05) is 0 Å². The van der Waals surface area contributed by atoms with Crippen LogP contribution in [0.5, 0.6) is 0 Å². The summed E-state index contributed by atoms with van der Waals surface area (Å²) in [7, 11) is -2.91. The Hall–Kier alpha value is -2.14. The summed E-state index contributed by atoms with van der Waals surface area (Å²) >= 11 is 0. The van der Waals surface area contributed by atoms with Gasteiger partial charge in [0, 0.05) is 0 Å². The monoisotopic (exact) mass is 258 g/mol. The van der Waals surface area contributed by atoms with E-state index in [0.717, 1.165) is 0 Å². The van der Waals surface area contributed by atoms with Crippen molar-refractivity contribution in [3.63, 3.8) is 0 Å². The smallest absolute Gasteiger partial charge is 0.266 e. The zero-order chi connectivity index (χ0) is 12.6. The highest BCUT2D eigenvalue weighted by molar-refractivity contribution is 7.92. The molecule has 1 unspecified atom stereocenters. The minimum absolute atomic E-state index is 0.352. The number of nitrogens with one attached hydrogen (secondary N) is 1. The third-order valence-electron chi connectivity index (χ3n) is 2.67. The van der Waals surface area contributed by atoms with Crippen molar-refractivity contribution >= 4 is 21.5 Å². The third kappa shape index (κ3) is 1.69. The molecule has 4 nitrogen and oxygen atoms in total. The SMILES string of the molecule is O=C1NS(=O)(c2ccccc2)=Nc2ccccc21. The van der Waals surface area contributed by atoms with Crippen molar-refractivity contribution in [3.8, 4) is 0 Å². The van der Waals surface area contributed by atoms with Crippen molar-refractivity contribution in [1.29, 1.82) is 0 Å². The number of hydrogen-bond donors (Lipinski definition) is 1. The lowest BCUT2D eigenvalue weighted by molar-refractivity contribution is 0.0982. The van der Waals surface area contributed by atoms with E-state index in [-0.39, 0.29) is 5.91 Å². The summed E-state index contributed by atoms with van der Waals surface area (Å²) in [6.07, 6.45) is 0. The van der Waals surface area contributed by atoms with Gasteiger partial charge >= 0.3 is 0 Å². The Labute approximate surface area is 105 Å². The first-order valence-corrected chi connectivity index (χ1v) is 6.94. The molecule has 0 radical (unpaired) electrons. The molecule has 0 aliphatic carbocycles. The largest absolute Gasteiger partial charge is 0.268 e. The molecule has 1 amide bonds. The van der Waals surface area contributed by atoms with Crippen LogP contribution in [0.15, 0.2) is 63.9 Å². The molecule has 0 saturated carbocycles. The van der Waals surface area contributed by atoms with Gasteiger partial charge in [0.15, 0.2) is 9.92 Å². The van der Waals surface area contributed by atoms with E-state index in [1.165, 1.54) is 0 Å². The zero-order valence-corrected chi connectivity index (χ0v) is 10.2. The average molecular weight is 258 g/mol. The Bertz CT molecular complexity index is 732. The van der Waals surface area contributed by atoms with Gasteiger partial charge in [-0.3, -0.25) is 9.52 Å². The quantitative estimate of drug-likeness (QED) is 0.854. The molecule has 90 valence electrons. The Morgan fingerprint density at radius 2 is 1.61 bits per heavy atom. The average Bonchev–Trinajstić information content (AvgIpc) is 2.40. The fourth-order valence-electron chi connectivity index (χ4n) is 1.80. The maximum Gasteiger partial charge on any atom is 0.266 e. The predicted octanol–water partition coefficient (Wildman–Crippen LogP) is 2.50. The van der Waals surface area contributed by atoms with Crippen LogP contribution < -0.4 is 4.72 Å². The van der Waals surface area contributed by atoms with Crippen LogP contribution in [0.3, 0.4) is 0 Å². The van der Waals surface area contributed by atoms with E-state index in [9.17, 15) is 9.00 Å². The minimum atomic E-state index is -2.91. The molecule has 0 spiro atoms. The van der Waals surface area contributed by atoms with Crippen LogP contribution in [0, 0.1) is 0 Å². The summed E-state index contributed by atoms with van der Waals surface area (Å²) in [6, 6.07) is 15.6. The Balaban J connectivity index is 2.25. The van der Waals surface area contributed by atoms with Gasteiger partial charge in [0.2, 0.25) is 0 Å². The molecule has 18 heavy (non-hydrogen) atoms. The molecule has 0 saturated heterocycles. The molecular formula is C13H10N2O2S. The van der Waals surface area contributed by atoms with Gasteiger partial charge in [-0.25, -0.2) is 4.21 Å². The first-order chi connectivity index (χ1) is 8.69. The normalized spacial score (nSPS) is 21.7. The Morgan fingerprint density at radius 3 is 2.39 bits per heavy atom. The van der Waals surface area contributed by atoms with Crippen LogP contribution in [-0.4, -0.2) is 10.1 Å². The number of carbonyl (C=O) groups excluding carboxylic acids is 1. The minimum Gasteiger partial charge on any atom is -0.268 e. The highest BCUT2D eigenvalue weighted by atomic mass is 32.2. The maximum absolute atomic E-state index is 12.7. The van der Waals surface area contributed by atoms with Gasteiger partial charge in [-0.05, 0) is 24.3 Å². The Morgan fingerprint density at radius 1 is 0.944 bits per heavy atom. The summed E-state index contributed by atoms with van der Waals surface area (Å²) < 4.78 is 19.4. The molecule has 1 aliphatic heterocycles. The highest BCUT2D eigenvalue weighted by Crippen LogP contribution is 2.27. The first-order valence-electron chi connectivity index (χ1n) is 5.42. The van der Waals surface area contributed by atoms with Crippen molar-refractivity contribution < 1.29 is 9.00 Å². The lowest BCUT2D eigenvalue weighted by Crippen LogP contribution is -2.33. The number of benzene rings is 2. The van der Waals surface area contributed by atoms with Crippen molar-refractivity contribution in [1.82, 2.24) is 4.72 Å². The topological polar surface area (TPSA) is 58.5 Å². The predicted molar refractivity (Wildman–Crippen MR) is 68.8 cm³/mol. The lowest BCUT2D eigenvalue weighted by Gasteiger charge is -2.18. The second kappa shape index (κ2) is 3.96. The van der Waals surface area contributed by atoms with Crippen molar-refractivity contribution in [2.45, 2.75) is 4.90 Å². The highest BCUT2D eigenvalue weighted by Gasteiger charge is 2.24. The van der Waals surface area contributed by atoms with Crippen LogP contribution in [0.2, 0.25) is 0 Å². The van der Waals surface area contributed by atoms with E-state index in [0.29, 0.717) is 16.1 Å². The Kier molecular flexibility index (Phi) is 2.41. The molecule has 1 atom stereocenters. The van der Waals surface area contributed by atoms with E-state index in [1.54, 1.807) is 48.5 Å². The van der Waals surface area contributed by atoms with Gasteiger partial charge in [0.25, 0.3) is 5.91 Å². The molecular weight excluding hydrogens is 248 g/mol. The molecule has 0 bridgehead atoms. The van der Waals surface area contributed by atoms with E-state index >= 15 is 0 Å². The summed E-state index contributed by atoms with van der Waals surface area (Å²) in [6.45, 7) is 0.